The molecule has 0 aromatic rings. The highest BCUT2D eigenvalue weighted by atomic mass is 16.5. The predicted octanol–water partition coefficient (Wildman–Crippen LogP) is 26.5. The van der Waals surface area contributed by atoms with Crippen LogP contribution in [0.25, 0.3) is 0 Å². The highest BCUT2D eigenvalue weighted by molar-refractivity contribution is 5.76. The van der Waals surface area contributed by atoms with Crippen molar-refractivity contribution in [3.8, 4) is 0 Å². The molecule has 0 aromatic heterocycles. The van der Waals surface area contributed by atoms with Crippen LogP contribution in [0.2, 0.25) is 0 Å². The van der Waals surface area contributed by atoms with E-state index in [-0.39, 0.29) is 18.5 Å². The Bertz CT molecular complexity index is 1530. The lowest BCUT2D eigenvalue weighted by Crippen LogP contribution is -2.45. The van der Waals surface area contributed by atoms with Gasteiger partial charge in [-0.15, -0.1) is 0 Å². The Labute approximate surface area is 556 Å². The maximum absolute atomic E-state index is 12.5. The van der Waals surface area contributed by atoms with Crippen molar-refractivity contribution in [2.45, 2.75) is 443 Å². The first-order valence-electron chi connectivity index (χ1n) is 40.1. The SMILES string of the molecule is CCCC/C=C\C/C=C\CCCCCCCC(=O)OCCCCCCCCCCCCCCCCC/C=C\C/C=C\CCCCCCCCCCCCCCCCCCCC(=O)NC(CO)C(O)/C=C/CCCCCCCCCCCCCCCCCCC. The lowest BCUT2D eigenvalue weighted by atomic mass is 10.0. The summed E-state index contributed by atoms with van der Waals surface area (Å²) in [6.07, 6.45) is 105. The molecule has 89 heavy (non-hydrogen) atoms. The van der Waals surface area contributed by atoms with Crippen LogP contribution >= 0.6 is 0 Å². The second kappa shape index (κ2) is 78.0. The van der Waals surface area contributed by atoms with Gasteiger partial charge in [-0.05, 0) is 89.9 Å². The summed E-state index contributed by atoms with van der Waals surface area (Å²) >= 11 is 0. The quantitative estimate of drug-likeness (QED) is 0.0320. The summed E-state index contributed by atoms with van der Waals surface area (Å²) in [7, 11) is 0. The number of aliphatic hydroxyl groups is 2. The second-order valence-electron chi connectivity index (χ2n) is 27.4. The molecule has 522 valence electrons. The summed E-state index contributed by atoms with van der Waals surface area (Å²) in [6.45, 7) is 4.89. The molecule has 0 aliphatic heterocycles. The van der Waals surface area contributed by atoms with Crippen molar-refractivity contribution in [2.24, 2.45) is 0 Å². The number of esters is 1. The first-order chi connectivity index (χ1) is 44.0. The Morgan fingerprint density at radius 1 is 0.315 bits per heavy atom. The van der Waals surface area contributed by atoms with Crippen molar-refractivity contribution in [2.75, 3.05) is 13.2 Å². The lowest BCUT2D eigenvalue weighted by molar-refractivity contribution is -0.143. The smallest absolute Gasteiger partial charge is 0.305 e. The number of ether oxygens (including phenoxy) is 1. The van der Waals surface area contributed by atoms with E-state index < -0.39 is 12.1 Å². The van der Waals surface area contributed by atoms with Crippen LogP contribution in [-0.2, 0) is 14.3 Å². The molecular formula is C83H155NO5. The number of hydrogen-bond acceptors (Lipinski definition) is 5. The van der Waals surface area contributed by atoms with Crippen molar-refractivity contribution >= 4 is 11.9 Å². The van der Waals surface area contributed by atoms with Gasteiger partial charge in [0.25, 0.3) is 0 Å². The number of nitrogens with one attached hydrogen (secondary N) is 1. The molecule has 0 radical (unpaired) electrons. The topological polar surface area (TPSA) is 95.9 Å². The number of carbonyl (C=O) groups is 2. The summed E-state index contributed by atoms with van der Waals surface area (Å²) < 4.78 is 5.49. The Kier molecular flexibility index (Phi) is 75.9. The number of amides is 1. The van der Waals surface area contributed by atoms with E-state index in [0.717, 1.165) is 57.8 Å². The van der Waals surface area contributed by atoms with Gasteiger partial charge in [-0.1, -0.05) is 389 Å². The molecule has 0 saturated carbocycles. The molecule has 0 aromatic carbocycles. The van der Waals surface area contributed by atoms with E-state index in [1.807, 2.05) is 6.08 Å². The lowest BCUT2D eigenvalue weighted by Gasteiger charge is -2.20. The van der Waals surface area contributed by atoms with E-state index in [2.05, 4.69) is 67.8 Å². The fourth-order valence-electron chi connectivity index (χ4n) is 12.4. The minimum absolute atomic E-state index is 0.00555. The van der Waals surface area contributed by atoms with Crippen molar-refractivity contribution in [3.63, 3.8) is 0 Å². The van der Waals surface area contributed by atoms with E-state index >= 15 is 0 Å². The van der Waals surface area contributed by atoms with Gasteiger partial charge in [0.15, 0.2) is 0 Å². The first kappa shape index (κ1) is 86.6. The van der Waals surface area contributed by atoms with Gasteiger partial charge in [-0.3, -0.25) is 9.59 Å². The average Bonchev–Trinajstić information content (AvgIpc) is 3.63. The summed E-state index contributed by atoms with van der Waals surface area (Å²) in [6, 6.07) is -0.627. The first-order valence-corrected chi connectivity index (χ1v) is 40.1. The van der Waals surface area contributed by atoms with Crippen LogP contribution in [0.3, 0.4) is 0 Å². The maximum atomic E-state index is 12.5. The second-order valence-corrected chi connectivity index (χ2v) is 27.4. The molecule has 6 nitrogen and oxygen atoms in total. The van der Waals surface area contributed by atoms with E-state index in [1.54, 1.807) is 6.08 Å². The van der Waals surface area contributed by atoms with E-state index in [1.165, 1.54) is 347 Å². The molecule has 2 unspecified atom stereocenters. The third-order valence-corrected chi connectivity index (χ3v) is 18.5. The van der Waals surface area contributed by atoms with Gasteiger partial charge in [0.2, 0.25) is 5.91 Å². The number of carbonyl (C=O) groups excluding carboxylic acids is 2. The Hall–Kier alpha value is -2.44. The molecule has 3 N–H and O–H groups in total. The van der Waals surface area contributed by atoms with Crippen molar-refractivity contribution in [3.05, 3.63) is 60.8 Å². The van der Waals surface area contributed by atoms with Gasteiger partial charge in [-0.25, -0.2) is 0 Å². The summed E-state index contributed by atoms with van der Waals surface area (Å²) in [5.41, 5.74) is 0. The molecule has 2 atom stereocenters. The largest absolute Gasteiger partial charge is 0.466 e. The molecule has 0 aliphatic rings. The fraction of sp³-hybridized carbons (Fsp3) is 0.855. The molecule has 0 spiro atoms. The van der Waals surface area contributed by atoms with Crippen LogP contribution in [0.1, 0.15) is 431 Å². The summed E-state index contributed by atoms with van der Waals surface area (Å²) in [4.78, 5) is 24.6. The van der Waals surface area contributed by atoms with Crippen LogP contribution in [0.15, 0.2) is 60.8 Å². The Morgan fingerprint density at radius 3 is 0.888 bits per heavy atom. The van der Waals surface area contributed by atoms with Gasteiger partial charge >= 0.3 is 5.97 Å². The molecule has 0 aliphatic carbocycles. The minimum Gasteiger partial charge on any atom is -0.466 e. The Balaban J connectivity index is 3.38. The molecule has 0 rings (SSSR count). The minimum atomic E-state index is -0.844. The Morgan fingerprint density at radius 2 is 0.573 bits per heavy atom. The monoisotopic (exact) mass is 1250 g/mol. The molecule has 6 heteroatoms. The van der Waals surface area contributed by atoms with Gasteiger partial charge in [0.05, 0.1) is 25.4 Å². The van der Waals surface area contributed by atoms with Crippen molar-refractivity contribution in [1.29, 1.82) is 0 Å². The van der Waals surface area contributed by atoms with Crippen LogP contribution in [0.4, 0.5) is 0 Å². The zero-order chi connectivity index (χ0) is 64.2. The van der Waals surface area contributed by atoms with Gasteiger partial charge in [0.1, 0.15) is 0 Å². The highest BCUT2D eigenvalue weighted by Gasteiger charge is 2.18. The molecule has 0 saturated heterocycles. The molecule has 0 heterocycles. The molecule has 1 amide bonds. The average molecular weight is 1250 g/mol. The molecular weight excluding hydrogens is 1090 g/mol. The third kappa shape index (κ3) is 74.5. The third-order valence-electron chi connectivity index (χ3n) is 18.5. The van der Waals surface area contributed by atoms with Crippen LogP contribution in [0, 0.1) is 0 Å². The van der Waals surface area contributed by atoms with Crippen LogP contribution in [0.5, 0.6) is 0 Å². The predicted molar refractivity (Wildman–Crippen MR) is 393 cm³/mol. The highest BCUT2D eigenvalue weighted by Crippen LogP contribution is 2.19. The van der Waals surface area contributed by atoms with E-state index in [9.17, 15) is 19.8 Å². The number of unbranched alkanes of at least 4 members (excludes halogenated alkanes) is 56. The summed E-state index contributed by atoms with van der Waals surface area (Å²) in [5.74, 6) is -0.0559. The van der Waals surface area contributed by atoms with Crippen molar-refractivity contribution in [1.82, 2.24) is 5.32 Å². The standard InChI is InChI=1S/C83H155NO5/c1-3-5-7-9-11-13-15-17-19-20-42-45-48-51-55-59-63-67-71-75-81(86)80(79-85)84-82(87)76-72-68-64-60-56-52-49-46-43-40-38-36-34-32-30-28-26-24-22-21-23-25-27-29-31-33-35-37-39-41-44-47-50-54-58-62-66-70-74-78-89-83(88)77-73-69-65-61-57-53-18-16-14-12-10-8-6-4-2/h10,12,16,18,21-22,25,27,71,75,80-81,85-86H,3-9,11,13-15,17,19-20,23-24,26,28-70,72-74,76-79H2,1-2H3,(H,84,87)/b12-10-,18-16-,22-21-,27-25-,75-71+. The van der Waals surface area contributed by atoms with Crippen LogP contribution in [-0.4, -0.2) is 47.4 Å². The van der Waals surface area contributed by atoms with Gasteiger partial charge in [-0.2, -0.15) is 0 Å². The summed E-state index contributed by atoms with van der Waals surface area (Å²) in [5, 5.41) is 23.3. The normalized spacial score (nSPS) is 12.8. The zero-order valence-electron chi connectivity index (χ0n) is 59.9. The molecule has 0 fully saturated rings. The number of hydrogen-bond donors (Lipinski definition) is 3. The van der Waals surface area contributed by atoms with E-state index in [0.29, 0.717) is 19.4 Å². The number of rotatable bonds is 75. The van der Waals surface area contributed by atoms with Crippen LogP contribution < -0.4 is 5.32 Å². The zero-order valence-corrected chi connectivity index (χ0v) is 59.9. The van der Waals surface area contributed by atoms with Gasteiger partial charge < -0.3 is 20.3 Å². The number of aliphatic hydroxyl groups excluding tert-OH is 2. The van der Waals surface area contributed by atoms with Crippen molar-refractivity contribution < 1.29 is 24.5 Å². The van der Waals surface area contributed by atoms with Gasteiger partial charge in [0, 0.05) is 12.8 Å². The molecule has 0 bridgehead atoms. The maximum Gasteiger partial charge on any atom is 0.305 e. The number of allylic oxidation sites excluding steroid dienone is 9. The fourth-order valence-corrected chi connectivity index (χ4v) is 12.4. The van der Waals surface area contributed by atoms with E-state index in [4.69, 9.17) is 4.74 Å².